The number of rotatable bonds is 5. The Balaban J connectivity index is 1.41. The third-order valence-corrected chi connectivity index (χ3v) is 5.08. The molecule has 0 unspecified atom stereocenters. The number of ether oxygens (including phenoxy) is 1. The number of imidazole rings is 1. The molecule has 27 heavy (non-hydrogen) atoms. The molecule has 0 atom stereocenters. The largest absolute Gasteiger partial charge is 0.485 e. The Morgan fingerprint density at radius 3 is 2.78 bits per heavy atom. The summed E-state index contributed by atoms with van der Waals surface area (Å²) in [6, 6.07) is 10.2. The Bertz CT molecular complexity index is 1050. The molecule has 1 aliphatic heterocycles. The van der Waals surface area contributed by atoms with Crippen LogP contribution in [0, 0.1) is 0 Å². The van der Waals surface area contributed by atoms with Crippen LogP contribution in [0.15, 0.2) is 55.1 Å². The Kier molecular flexibility index (Phi) is 4.18. The van der Waals surface area contributed by atoms with E-state index in [0.717, 1.165) is 23.5 Å². The predicted octanol–water partition coefficient (Wildman–Crippen LogP) is 3.45. The molecule has 6 heteroatoms. The van der Waals surface area contributed by atoms with E-state index in [4.69, 9.17) is 4.74 Å². The highest BCUT2D eigenvalue weighted by Gasteiger charge is 2.15. The van der Waals surface area contributed by atoms with E-state index in [-0.39, 0.29) is 0 Å². The van der Waals surface area contributed by atoms with Crippen molar-refractivity contribution >= 4 is 16.7 Å². The monoisotopic (exact) mass is 359 g/mol. The van der Waals surface area contributed by atoms with Gasteiger partial charge in [-0.3, -0.25) is 14.3 Å². The molecule has 5 rings (SSSR count). The van der Waals surface area contributed by atoms with E-state index in [0.29, 0.717) is 12.4 Å². The zero-order chi connectivity index (χ0) is 18.1. The summed E-state index contributed by atoms with van der Waals surface area (Å²) in [5.41, 5.74) is 3.07. The van der Waals surface area contributed by atoms with Gasteiger partial charge >= 0.3 is 0 Å². The summed E-state index contributed by atoms with van der Waals surface area (Å²) >= 11 is 0. The summed E-state index contributed by atoms with van der Waals surface area (Å²) in [4.78, 5) is 15.8. The molecule has 0 bridgehead atoms. The number of hydrogen-bond donors (Lipinski definition) is 0. The topological polar surface area (TPSA) is 55.6 Å². The Morgan fingerprint density at radius 1 is 1.00 bits per heavy atom. The molecular weight excluding hydrogens is 338 g/mol. The van der Waals surface area contributed by atoms with Crippen LogP contribution in [0.1, 0.15) is 24.1 Å². The lowest BCUT2D eigenvalue weighted by molar-refractivity contribution is 0.304. The van der Waals surface area contributed by atoms with Gasteiger partial charge in [0.25, 0.3) is 0 Å². The molecule has 6 nitrogen and oxygen atoms in total. The fraction of sp³-hybridized carbons (Fsp3) is 0.286. The minimum atomic E-state index is 0.389. The average molecular weight is 359 g/mol. The van der Waals surface area contributed by atoms with Gasteiger partial charge in [0.15, 0.2) is 0 Å². The summed E-state index contributed by atoms with van der Waals surface area (Å²) < 4.78 is 7.98. The molecule has 0 N–H and O–H groups in total. The second kappa shape index (κ2) is 6.96. The fourth-order valence-electron chi connectivity index (χ4n) is 3.74. The first-order chi connectivity index (χ1) is 13.4. The van der Waals surface area contributed by atoms with Crippen molar-refractivity contribution in [3.05, 3.63) is 66.4 Å². The highest BCUT2D eigenvalue weighted by molar-refractivity contribution is 5.87. The molecule has 4 heterocycles. The van der Waals surface area contributed by atoms with Gasteiger partial charge in [0.05, 0.1) is 5.69 Å². The van der Waals surface area contributed by atoms with Crippen LogP contribution >= 0.6 is 0 Å². The summed E-state index contributed by atoms with van der Waals surface area (Å²) in [6.07, 6.45) is 10.0. The van der Waals surface area contributed by atoms with Crippen molar-refractivity contribution in [1.82, 2.24) is 24.3 Å². The number of aromatic nitrogens is 4. The van der Waals surface area contributed by atoms with E-state index in [1.165, 1.54) is 36.9 Å². The lowest BCUT2D eigenvalue weighted by Crippen LogP contribution is -2.18. The Hall–Kier alpha value is -2.99. The van der Waals surface area contributed by atoms with Crippen molar-refractivity contribution in [3.63, 3.8) is 0 Å². The van der Waals surface area contributed by atoms with E-state index >= 15 is 0 Å². The van der Waals surface area contributed by atoms with Crippen molar-refractivity contribution < 1.29 is 4.74 Å². The molecule has 0 aliphatic carbocycles. The number of hydrogen-bond acceptors (Lipinski definition) is 5. The summed E-state index contributed by atoms with van der Waals surface area (Å²) in [5, 5.41) is 1.17. The minimum absolute atomic E-state index is 0.389. The lowest BCUT2D eigenvalue weighted by atomic mass is 10.1. The quantitative estimate of drug-likeness (QED) is 0.546. The molecular formula is C21H21N5O. The smallest absolute Gasteiger partial charge is 0.234 e. The van der Waals surface area contributed by atoms with Gasteiger partial charge in [-0.05, 0) is 49.7 Å². The highest BCUT2D eigenvalue weighted by Crippen LogP contribution is 2.28. The number of nitrogens with zero attached hydrogens (tertiary/aromatic N) is 5. The third kappa shape index (κ3) is 3.24. The van der Waals surface area contributed by atoms with Crippen molar-refractivity contribution in [1.29, 1.82) is 0 Å². The fourth-order valence-corrected chi connectivity index (χ4v) is 3.74. The van der Waals surface area contributed by atoms with Gasteiger partial charge in [-0.1, -0.05) is 12.1 Å². The maximum absolute atomic E-state index is 6.08. The van der Waals surface area contributed by atoms with Gasteiger partial charge in [-0.15, -0.1) is 0 Å². The normalized spacial score (nSPS) is 15.0. The predicted molar refractivity (Wildman–Crippen MR) is 104 cm³/mol. The summed E-state index contributed by atoms with van der Waals surface area (Å²) in [5.74, 6) is 1.47. The molecule has 1 saturated heterocycles. The van der Waals surface area contributed by atoms with Gasteiger partial charge in [0, 0.05) is 36.7 Å². The number of likely N-dealkylation sites (tertiary alicyclic amines) is 1. The zero-order valence-corrected chi connectivity index (χ0v) is 15.1. The zero-order valence-electron chi connectivity index (χ0n) is 15.1. The number of fused-ring (bicyclic) bond motifs is 2. The highest BCUT2D eigenvalue weighted by atomic mass is 16.5. The second-order valence-electron chi connectivity index (χ2n) is 6.95. The standard InChI is InChI=1S/C21H21N5O/c1-2-11-25(10-1)13-16-6-7-19(20-18(16)5-3-8-22-20)27-15-17-14-26-12-4-9-23-21(26)24-17/h3-9,12,14H,1-2,10-11,13,15H2. The molecule has 0 radical (unpaired) electrons. The van der Waals surface area contributed by atoms with Crippen LogP contribution in [0.2, 0.25) is 0 Å². The van der Waals surface area contributed by atoms with E-state index in [1.54, 1.807) is 6.20 Å². The van der Waals surface area contributed by atoms with Crippen LogP contribution in [0.5, 0.6) is 5.75 Å². The molecule has 0 spiro atoms. The Morgan fingerprint density at radius 2 is 1.89 bits per heavy atom. The van der Waals surface area contributed by atoms with Crippen LogP contribution in [-0.2, 0) is 13.2 Å². The Labute approximate surface area is 157 Å². The molecule has 136 valence electrons. The van der Waals surface area contributed by atoms with Crippen LogP contribution in [0.4, 0.5) is 0 Å². The number of benzene rings is 1. The van der Waals surface area contributed by atoms with E-state index in [2.05, 4.69) is 32.0 Å². The van der Waals surface area contributed by atoms with Crippen molar-refractivity contribution in [2.24, 2.45) is 0 Å². The van der Waals surface area contributed by atoms with E-state index < -0.39 is 0 Å². The van der Waals surface area contributed by atoms with Crippen LogP contribution < -0.4 is 4.74 Å². The molecule has 1 fully saturated rings. The van der Waals surface area contributed by atoms with Crippen molar-refractivity contribution in [3.8, 4) is 5.75 Å². The van der Waals surface area contributed by atoms with Crippen LogP contribution in [-0.4, -0.2) is 37.3 Å². The van der Waals surface area contributed by atoms with Crippen LogP contribution in [0.3, 0.4) is 0 Å². The van der Waals surface area contributed by atoms with E-state index in [1.807, 2.05) is 41.2 Å². The van der Waals surface area contributed by atoms with Gasteiger partial charge in [-0.25, -0.2) is 9.97 Å². The first-order valence-corrected chi connectivity index (χ1v) is 9.37. The molecule has 0 saturated carbocycles. The van der Waals surface area contributed by atoms with Crippen LogP contribution in [0.25, 0.3) is 16.7 Å². The van der Waals surface area contributed by atoms with Crippen molar-refractivity contribution in [2.75, 3.05) is 13.1 Å². The SMILES string of the molecule is c1cnc2c(OCc3cn4cccnc4n3)ccc(CN3CCCC3)c2c1. The van der Waals surface area contributed by atoms with Gasteiger partial charge in [0.2, 0.25) is 5.78 Å². The third-order valence-electron chi connectivity index (χ3n) is 5.08. The molecule has 1 aromatic carbocycles. The van der Waals surface area contributed by atoms with Crippen molar-refractivity contribution in [2.45, 2.75) is 26.0 Å². The van der Waals surface area contributed by atoms with Gasteiger partial charge in [0.1, 0.15) is 17.9 Å². The van der Waals surface area contributed by atoms with E-state index in [9.17, 15) is 0 Å². The molecule has 3 aromatic heterocycles. The molecule has 0 amide bonds. The minimum Gasteiger partial charge on any atom is -0.485 e. The average Bonchev–Trinajstić information content (AvgIpc) is 3.36. The molecule has 4 aromatic rings. The summed E-state index contributed by atoms with van der Waals surface area (Å²) in [6.45, 7) is 3.73. The summed E-state index contributed by atoms with van der Waals surface area (Å²) in [7, 11) is 0. The second-order valence-corrected chi connectivity index (χ2v) is 6.95. The maximum Gasteiger partial charge on any atom is 0.234 e. The van der Waals surface area contributed by atoms with Gasteiger partial charge < -0.3 is 4.74 Å². The molecule has 1 aliphatic rings. The first kappa shape index (κ1) is 16.2. The maximum atomic E-state index is 6.08. The van der Waals surface area contributed by atoms with Gasteiger partial charge in [-0.2, -0.15) is 0 Å². The first-order valence-electron chi connectivity index (χ1n) is 9.37. The lowest BCUT2D eigenvalue weighted by Gasteiger charge is -2.17. The number of pyridine rings is 1.